The standard InChI is InChI=1S/C15H16O4S2/c16-10-1-5-12(6-2-10)20-14(18)9-15(19)21-13-7-3-11(17)4-8-13/h1-8,14-19H,9H2. The summed E-state index contributed by atoms with van der Waals surface area (Å²) < 4.78 is 0. The minimum absolute atomic E-state index is 0.178. The van der Waals surface area contributed by atoms with E-state index in [1.807, 2.05) is 0 Å². The number of hydrogen-bond donors (Lipinski definition) is 4. The van der Waals surface area contributed by atoms with Gasteiger partial charge in [0.05, 0.1) is 0 Å². The smallest absolute Gasteiger partial charge is 0.115 e. The number of aromatic hydroxyl groups is 2. The zero-order valence-electron chi connectivity index (χ0n) is 11.1. The Balaban J connectivity index is 1.82. The van der Waals surface area contributed by atoms with Gasteiger partial charge in [0.15, 0.2) is 0 Å². The molecule has 2 rings (SSSR count). The second kappa shape index (κ2) is 7.61. The van der Waals surface area contributed by atoms with E-state index >= 15 is 0 Å². The largest absolute Gasteiger partial charge is 0.508 e. The van der Waals surface area contributed by atoms with E-state index in [4.69, 9.17) is 0 Å². The van der Waals surface area contributed by atoms with Crippen LogP contribution in [0.2, 0.25) is 0 Å². The molecule has 21 heavy (non-hydrogen) atoms. The summed E-state index contributed by atoms with van der Waals surface area (Å²) >= 11 is 2.45. The van der Waals surface area contributed by atoms with E-state index in [2.05, 4.69) is 0 Å². The van der Waals surface area contributed by atoms with Crippen molar-refractivity contribution in [2.24, 2.45) is 0 Å². The monoisotopic (exact) mass is 324 g/mol. The predicted molar refractivity (Wildman–Crippen MR) is 84.6 cm³/mol. The molecule has 0 spiro atoms. The maximum atomic E-state index is 9.95. The molecule has 0 radical (unpaired) electrons. The molecule has 0 heterocycles. The summed E-state index contributed by atoms with van der Waals surface area (Å²) in [5, 5.41) is 38.3. The molecular weight excluding hydrogens is 308 g/mol. The van der Waals surface area contributed by atoms with Gasteiger partial charge in [-0.05, 0) is 48.5 Å². The first kappa shape index (κ1) is 16.0. The third kappa shape index (κ3) is 5.51. The van der Waals surface area contributed by atoms with E-state index in [-0.39, 0.29) is 17.9 Å². The predicted octanol–water partition coefficient (Wildman–Crippen LogP) is 3.01. The molecule has 2 unspecified atom stereocenters. The van der Waals surface area contributed by atoms with Crippen LogP contribution in [0, 0.1) is 0 Å². The van der Waals surface area contributed by atoms with E-state index in [9.17, 15) is 20.4 Å². The average Bonchev–Trinajstić information content (AvgIpc) is 2.44. The van der Waals surface area contributed by atoms with Gasteiger partial charge in [-0.1, -0.05) is 23.5 Å². The van der Waals surface area contributed by atoms with E-state index in [0.29, 0.717) is 0 Å². The zero-order valence-corrected chi connectivity index (χ0v) is 12.7. The first-order valence-corrected chi connectivity index (χ1v) is 8.06. The lowest BCUT2D eigenvalue weighted by atomic mass is 10.3. The Kier molecular flexibility index (Phi) is 5.81. The highest BCUT2D eigenvalue weighted by Gasteiger charge is 2.14. The van der Waals surface area contributed by atoms with Gasteiger partial charge in [-0.15, -0.1) is 0 Å². The molecule has 0 aliphatic carbocycles. The van der Waals surface area contributed by atoms with Gasteiger partial charge in [0.2, 0.25) is 0 Å². The normalized spacial score (nSPS) is 13.8. The number of hydrogen-bond acceptors (Lipinski definition) is 6. The molecule has 0 amide bonds. The van der Waals surface area contributed by atoms with Crippen LogP contribution in [0.3, 0.4) is 0 Å². The molecular formula is C15H16O4S2. The Morgan fingerprint density at radius 2 is 1.00 bits per heavy atom. The molecule has 4 N–H and O–H groups in total. The first-order chi connectivity index (χ1) is 10.0. The van der Waals surface area contributed by atoms with Gasteiger partial charge >= 0.3 is 0 Å². The lowest BCUT2D eigenvalue weighted by Crippen LogP contribution is -2.11. The SMILES string of the molecule is Oc1ccc(SC(O)CC(O)Sc2ccc(O)cc2)cc1. The number of phenolic OH excluding ortho intramolecular Hbond substituents is 2. The molecule has 0 aliphatic heterocycles. The number of thioether (sulfide) groups is 2. The van der Waals surface area contributed by atoms with Crippen molar-refractivity contribution in [3.63, 3.8) is 0 Å². The van der Waals surface area contributed by atoms with Crippen molar-refractivity contribution in [2.45, 2.75) is 27.1 Å². The van der Waals surface area contributed by atoms with E-state index in [0.717, 1.165) is 9.79 Å². The fraction of sp³-hybridized carbons (Fsp3) is 0.200. The van der Waals surface area contributed by atoms with Crippen LogP contribution in [0.25, 0.3) is 0 Å². The van der Waals surface area contributed by atoms with Gasteiger partial charge in [-0.3, -0.25) is 0 Å². The minimum atomic E-state index is -0.742. The minimum Gasteiger partial charge on any atom is -0.508 e. The van der Waals surface area contributed by atoms with Crippen molar-refractivity contribution >= 4 is 23.5 Å². The van der Waals surface area contributed by atoms with Crippen molar-refractivity contribution in [3.05, 3.63) is 48.5 Å². The molecule has 4 nitrogen and oxygen atoms in total. The summed E-state index contributed by atoms with van der Waals surface area (Å²) in [6.07, 6.45) is 0.205. The summed E-state index contributed by atoms with van der Waals surface area (Å²) in [4.78, 5) is 1.64. The van der Waals surface area contributed by atoms with E-state index in [1.54, 1.807) is 48.5 Å². The Morgan fingerprint density at radius 1 is 0.667 bits per heavy atom. The zero-order chi connectivity index (χ0) is 15.2. The van der Waals surface area contributed by atoms with Gasteiger partial charge in [0.25, 0.3) is 0 Å². The maximum Gasteiger partial charge on any atom is 0.115 e. The number of phenols is 2. The van der Waals surface area contributed by atoms with Crippen LogP contribution in [0.1, 0.15) is 6.42 Å². The van der Waals surface area contributed by atoms with Gasteiger partial charge in [-0.25, -0.2) is 0 Å². The fourth-order valence-electron chi connectivity index (χ4n) is 1.63. The summed E-state index contributed by atoms with van der Waals surface area (Å²) in [5.41, 5.74) is -1.48. The molecule has 0 aliphatic rings. The Labute approximate surface area is 131 Å². The van der Waals surface area contributed by atoms with Crippen molar-refractivity contribution in [3.8, 4) is 11.5 Å². The van der Waals surface area contributed by atoms with Gasteiger partial charge in [-0.2, -0.15) is 0 Å². The third-order valence-electron chi connectivity index (χ3n) is 2.62. The van der Waals surface area contributed by atoms with Crippen LogP contribution in [-0.2, 0) is 0 Å². The van der Waals surface area contributed by atoms with Crippen LogP contribution in [-0.4, -0.2) is 31.3 Å². The van der Waals surface area contributed by atoms with Crippen molar-refractivity contribution < 1.29 is 20.4 Å². The Hall–Kier alpha value is -1.34. The Bertz CT molecular complexity index is 505. The summed E-state index contributed by atoms with van der Waals surface area (Å²) in [5.74, 6) is 0.355. The highest BCUT2D eigenvalue weighted by atomic mass is 32.2. The summed E-state index contributed by atoms with van der Waals surface area (Å²) in [7, 11) is 0. The molecule has 2 aromatic carbocycles. The molecule has 0 saturated heterocycles. The van der Waals surface area contributed by atoms with Crippen LogP contribution < -0.4 is 0 Å². The lowest BCUT2D eigenvalue weighted by molar-refractivity contribution is 0.179. The third-order valence-corrected chi connectivity index (χ3v) is 4.64. The quantitative estimate of drug-likeness (QED) is 0.483. The van der Waals surface area contributed by atoms with Gasteiger partial charge < -0.3 is 20.4 Å². The molecule has 2 aromatic rings. The van der Waals surface area contributed by atoms with Gasteiger partial charge in [0, 0.05) is 16.2 Å². The Morgan fingerprint density at radius 3 is 1.33 bits per heavy atom. The van der Waals surface area contributed by atoms with Crippen LogP contribution >= 0.6 is 23.5 Å². The van der Waals surface area contributed by atoms with Crippen LogP contribution in [0.5, 0.6) is 11.5 Å². The van der Waals surface area contributed by atoms with Crippen LogP contribution in [0.15, 0.2) is 58.3 Å². The topological polar surface area (TPSA) is 80.9 Å². The van der Waals surface area contributed by atoms with Gasteiger partial charge in [0.1, 0.15) is 22.4 Å². The highest BCUT2D eigenvalue weighted by molar-refractivity contribution is 8.00. The fourth-order valence-corrected chi connectivity index (χ4v) is 3.53. The molecule has 6 heteroatoms. The molecule has 0 bridgehead atoms. The second-order valence-corrected chi connectivity index (χ2v) is 6.87. The number of benzene rings is 2. The molecule has 0 fully saturated rings. The van der Waals surface area contributed by atoms with Crippen molar-refractivity contribution in [1.29, 1.82) is 0 Å². The number of rotatable bonds is 6. The highest BCUT2D eigenvalue weighted by Crippen LogP contribution is 2.31. The average molecular weight is 324 g/mol. The molecule has 112 valence electrons. The van der Waals surface area contributed by atoms with Crippen molar-refractivity contribution in [1.82, 2.24) is 0 Å². The molecule has 0 aromatic heterocycles. The van der Waals surface area contributed by atoms with Crippen LogP contribution in [0.4, 0.5) is 0 Å². The number of aliphatic hydroxyl groups is 2. The number of aliphatic hydroxyl groups excluding tert-OH is 2. The van der Waals surface area contributed by atoms with E-state index in [1.165, 1.54) is 23.5 Å². The maximum absolute atomic E-state index is 9.95. The lowest BCUT2D eigenvalue weighted by Gasteiger charge is -2.15. The summed E-state index contributed by atoms with van der Waals surface area (Å²) in [6.45, 7) is 0. The summed E-state index contributed by atoms with van der Waals surface area (Å²) in [6, 6.07) is 13.1. The first-order valence-electron chi connectivity index (χ1n) is 6.30. The molecule has 2 atom stereocenters. The van der Waals surface area contributed by atoms with Crippen molar-refractivity contribution in [2.75, 3.05) is 0 Å². The molecule has 0 saturated carbocycles. The second-order valence-electron chi connectivity index (χ2n) is 4.37. The van der Waals surface area contributed by atoms with E-state index < -0.39 is 10.9 Å².